The summed E-state index contributed by atoms with van der Waals surface area (Å²) in [7, 11) is 0. The van der Waals surface area contributed by atoms with Gasteiger partial charge in [-0.3, -0.25) is 9.69 Å². The van der Waals surface area contributed by atoms with E-state index < -0.39 is 10.9 Å². The fourth-order valence-corrected chi connectivity index (χ4v) is 6.20. The van der Waals surface area contributed by atoms with Gasteiger partial charge in [-0.05, 0) is 41.8 Å². The molecule has 5 rings (SSSR count). The summed E-state index contributed by atoms with van der Waals surface area (Å²) in [6.45, 7) is 0. The number of alkyl halides is 1. The number of carbonyl (C=O) groups is 1. The zero-order valence-corrected chi connectivity index (χ0v) is 17.2. The number of benzene rings is 3. The number of halogens is 2. The van der Waals surface area contributed by atoms with Crippen LogP contribution in [-0.4, -0.2) is 11.3 Å². The lowest BCUT2D eigenvalue weighted by atomic mass is 9.72. The molecule has 0 aliphatic carbocycles. The predicted octanol–water partition coefficient (Wildman–Crippen LogP) is 6.43. The van der Waals surface area contributed by atoms with E-state index >= 15 is 0 Å². The smallest absolute Gasteiger partial charge is 0.248 e. The minimum absolute atomic E-state index is 0.0432. The Kier molecular flexibility index (Phi) is 4.42. The number of fused-ring (bicyclic) bond motifs is 3. The van der Waals surface area contributed by atoms with Crippen LogP contribution in [0.5, 0.6) is 0 Å². The van der Waals surface area contributed by atoms with Crippen LogP contribution in [0, 0.1) is 0 Å². The number of rotatable bonds is 2. The molecule has 2 aliphatic heterocycles. The minimum Gasteiger partial charge on any atom is -0.298 e. The Morgan fingerprint density at radius 2 is 1.61 bits per heavy atom. The summed E-state index contributed by atoms with van der Waals surface area (Å²) in [4.78, 5) is 16.0. The second kappa shape index (κ2) is 6.84. The summed E-state index contributed by atoms with van der Waals surface area (Å²) < 4.78 is 0. The van der Waals surface area contributed by atoms with Crippen LogP contribution < -0.4 is 4.90 Å². The Bertz CT molecular complexity index is 1040. The van der Waals surface area contributed by atoms with Gasteiger partial charge in [0, 0.05) is 15.2 Å². The first kappa shape index (κ1) is 18.1. The van der Waals surface area contributed by atoms with E-state index in [1.807, 2.05) is 53.4 Å². The van der Waals surface area contributed by atoms with Gasteiger partial charge in [-0.25, -0.2) is 0 Å². The van der Waals surface area contributed by atoms with E-state index in [-0.39, 0.29) is 11.2 Å². The molecule has 5 heteroatoms. The van der Waals surface area contributed by atoms with Gasteiger partial charge in [0.05, 0.1) is 11.2 Å². The Morgan fingerprint density at radius 3 is 2.36 bits per heavy atom. The van der Waals surface area contributed by atoms with Crippen LogP contribution >= 0.6 is 35.0 Å². The van der Waals surface area contributed by atoms with Crippen molar-refractivity contribution in [3.63, 3.8) is 0 Å². The van der Waals surface area contributed by atoms with Gasteiger partial charge < -0.3 is 0 Å². The molecule has 1 amide bonds. The van der Waals surface area contributed by atoms with Crippen molar-refractivity contribution in [2.24, 2.45) is 0 Å². The topological polar surface area (TPSA) is 20.3 Å². The SMILES string of the molecule is O=C1C(Cl)C2(c3ccc(Cl)cc3)CC(c3ccccc3)Sc3ccccc3N12. The van der Waals surface area contributed by atoms with Gasteiger partial charge in [-0.15, -0.1) is 23.4 Å². The average Bonchev–Trinajstić information content (AvgIpc) is 2.88. The molecule has 2 aliphatic rings. The first-order valence-corrected chi connectivity index (χ1v) is 10.9. The summed E-state index contributed by atoms with van der Waals surface area (Å²) in [6, 6.07) is 26.3. The molecule has 1 fully saturated rings. The minimum atomic E-state index is -0.605. The van der Waals surface area contributed by atoms with Crippen LogP contribution in [0.3, 0.4) is 0 Å². The van der Waals surface area contributed by atoms with Crippen LogP contribution in [0.2, 0.25) is 5.02 Å². The molecule has 0 radical (unpaired) electrons. The molecule has 1 saturated heterocycles. The number of anilines is 1. The summed E-state index contributed by atoms with van der Waals surface area (Å²) in [5.41, 5.74) is 2.60. The van der Waals surface area contributed by atoms with Gasteiger partial charge in [-0.2, -0.15) is 0 Å². The highest BCUT2D eigenvalue weighted by Crippen LogP contribution is 2.60. The normalized spacial score (nSPS) is 26.1. The zero-order valence-electron chi connectivity index (χ0n) is 14.9. The summed E-state index contributed by atoms with van der Waals surface area (Å²) in [6.07, 6.45) is 0.734. The molecule has 28 heavy (non-hydrogen) atoms. The van der Waals surface area contributed by atoms with Gasteiger partial charge in [0.15, 0.2) is 0 Å². The fourth-order valence-electron chi connectivity index (χ4n) is 4.29. The number of thioether (sulfide) groups is 1. The van der Waals surface area contributed by atoms with Gasteiger partial charge in [0.1, 0.15) is 5.38 Å². The van der Waals surface area contributed by atoms with E-state index in [2.05, 4.69) is 30.3 Å². The number of β-lactam (4-membered cyclic amide) rings is 1. The Balaban J connectivity index is 1.72. The third-order valence-corrected chi connectivity index (χ3v) is 7.77. The number of hydrogen-bond donors (Lipinski definition) is 0. The van der Waals surface area contributed by atoms with Crippen molar-refractivity contribution >= 4 is 46.6 Å². The quantitative estimate of drug-likeness (QED) is 0.348. The Labute approximate surface area is 178 Å². The number of hydrogen-bond acceptors (Lipinski definition) is 2. The molecular formula is C23H17Cl2NOS. The van der Waals surface area contributed by atoms with Crippen molar-refractivity contribution < 1.29 is 4.79 Å². The molecule has 140 valence electrons. The van der Waals surface area contributed by atoms with Crippen molar-refractivity contribution in [1.29, 1.82) is 0 Å². The highest BCUT2D eigenvalue weighted by Gasteiger charge is 2.63. The molecular weight excluding hydrogens is 409 g/mol. The second-order valence-electron chi connectivity index (χ2n) is 7.16. The van der Waals surface area contributed by atoms with Crippen molar-refractivity contribution in [3.8, 4) is 0 Å². The van der Waals surface area contributed by atoms with E-state index in [1.165, 1.54) is 5.56 Å². The molecule has 3 aromatic rings. The second-order valence-corrected chi connectivity index (χ2v) is 9.27. The maximum absolute atomic E-state index is 13.0. The number of para-hydroxylation sites is 1. The van der Waals surface area contributed by atoms with E-state index in [0.29, 0.717) is 5.02 Å². The molecule has 0 bridgehead atoms. The highest BCUT2D eigenvalue weighted by molar-refractivity contribution is 7.99. The van der Waals surface area contributed by atoms with Crippen LogP contribution in [0.25, 0.3) is 0 Å². The Hall–Kier alpha value is -1.94. The summed E-state index contributed by atoms with van der Waals surface area (Å²) in [5, 5.41) is 0.246. The molecule has 3 unspecified atom stereocenters. The van der Waals surface area contributed by atoms with Gasteiger partial charge in [0.25, 0.3) is 0 Å². The molecule has 0 aromatic heterocycles. The van der Waals surface area contributed by atoms with E-state index in [1.54, 1.807) is 11.8 Å². The van der Waals surface area contributed by atoms with E-state index in [0.717, 1.165) is 22.6 Å². The average molecular weight is 426 g/mol. The molecule has 3 atom stereocenters. The first-order valence-electron chi connectivity index (χ1n) is 9.16. The lowest BCUT2D eigenvalue weighted by Gasteiger charge is -2.55. The molecule has 3 aromatic carbocycles. The summed E-state index contributed by atoms with van der Waals surface area (Å²) in [5.74, 6) is -0.0432. The van der Waals surface area contributed by atoms with Crippen LogP contribution in [0.1, 0.15) is 22.8 Å². The third-order valence-electron chi connectivity index (χ3n) is 5.64. The van der Waals surface area contributed by atoms with Crippen molar-refractivity contribution in [1.82, 2.24) is 0 Å². The van der Waals surface area contributed by atoms with E-state index in [4.69, 9.17) is 23.2 Å². The van der Waals surface area contributed by atoms with Crippen molar-refractivity contribution in [2.75, 3.05) is 4.90 Å². The Morgan fingerprint density at radius 1 is 0.929 bits per heavy atom. The highest BCUT2D eigenvalue weighted by atomic mass is 35.5. The molecule has 0 spiro atoms. The standard InChI is InChI=1S/C23H17Cl2NOS/c24-17-12-10-16(11-13-17)23-14-20(15-6-2-1-3-7-15)28-19-9-5-4-8-18(19)26(23)22(27)21(23)25/h1-13,20-21H,14H2. The number of amides is 1. The van der Waals surface area contributed by atoms with Crippen LogP contribution in [-0.2, 0) is 10.3 Å². The fraction of sp³-hybridized carbons (Fsp3) is 0.174. The lowest BCUT2D eigenvalue weighted by molar-refractivity contribution is -0.127. The largest absolute Gasteiger partial charge is 0.298 e. The van der Waals surface area contributed by atoms with E-state index in [9.17, 15) is 4.79 Å². The van der Waals surface area contributed by atoms with Crippen molar-refractivity contribution in [2.45, 2.75) is 27.5 Å². The molecule has 2 nitrogen and oxygen atoms in total. The van der Waals surface area contributed by atoms with Gasteiger partial charge >= 0.3 is 0 Å². The molecule has 2 heterocycles. The van der Waals surface area contributed by atoms with Gasteiger partial charge in [-0.1, -0.05) is 66.2 Å². The lowest BCUT2D eigenvalue weighted by Crippen LogP contribution is -2.70. The number of carbonyl (C=O) groups excluding carboxylic acids is 1. The zero-order chi connectivity index (χ0) is 19.3. The maximum Gasteiger partial charge on any atom is 0.248 e. The van der Waals surface area contributed by atoms with Crippen molar-refractivity contribution in [3.05, 3.63) is 95.0 Å². The molecule has 0 saturated carbocycles. The summed E-state index contributed by atoms with van der Waals surface area (Å²) >= 11 is 14.7. The molecule has 0 N–H and O–H groups in total. The monoisotopic (exact) mass is 425 g/mol. The number of nitrogens with zero attached hydrogens (tertiary/aromatic N) is 1. The first-order chi connectivity index (χ1) is 13.6. The third kappa shape index (κ3) is 2.61. The van der Waals surface area contributed by atoms with Crippen LogP contribution in [0.4, 0.5) is 5.69 Å². The van der Waals surface area contributed by atoms with Crippen LogP contribution in [0.15, 0.2) is 83.8 Å². The van der Waals surface area contributed by atoms with Gasteiger partial charge in [0.2, 0.25) is 5.91 Å². The maximum atomic E-state index is 13.0. The predicted molar refractivity (Wildman–Crippen MR) is 116 cm³/mol.